The minimum absolute atomic E-state index is 0.0115. The zero-order chi connectivity index (χ0) is 11.4. The molecule has 0 fully saturated rings. The van der Waals surface area contributed by atoms with Crippen molar-refractivity contribution in [1.29, 1.82) is 0 Å². The zero-order valence-electron chi connectivity index (χ0n) is 9.00. The second-order valence-electron chi connectivity index (χ2n) is 3.37. The third kappa shape index (κ3) is 3.59. The minimum atomic E-state index is -0.175. The van der Waals surface area contributed by atoms with E-state index in [4.69, 9.17) is 0 Å². The van der Waals surface area contributed by atoms with Crippen molar-refractivity contribution in [1.82, 2.24) is 10.6 Å². The number of hydrogen-bond acceptors (Lipinski definition) is 3. The molecule has 2 N–H and O–H groups in total. The van der Waals surface area contributed by atoms with Crippen LogP contribution < -0.4 is 10.6 Å². The fraction of sp³-hybridized carbons (Fsp3) is 0.500. The van der Waals surface area contributed by atoms with Crippen LogP contribution in [0.2, 0.25) is 0 Å². The summed E-state index contributed by atoms with van der Waals surface area (Å²) in [5.74, 6) is 0.0115. The zero-order valence-corrected chi connectivity index (χ0v) is 11.4. The van der Waals surface area contributed by atoms with E-state index in [9.17, 15) is 4.79 Å². The van der Waals surface area contributed by atoms with E-state index in [2.05, 4.69) is 39.6 Å². The van der Waals surface area contributed by atoms with Gasteiger partial charge in [0.1, 0.15) is 0 Å². The largest absolute Gasteiger partial charge is 0.358 e. The van der Waals surface area contributed by atoms with Gasteiger partial charge in [-0.2, -0.15) is 0 Å². The molecule has 1 amide bonds. The van der Waals surface area contributed by atoms with Crippen molar-refractivity contribution in [2.45, 2.75) is 25.9 Å². The minimum Gasteiger partial charge on any atom is -0.358 e. The van der Waals surface area contributed by atoms with E-state index in [0.29, 0.717) is 0 Å². The van der Waals surface area contributed by atoms with Gasteiger partial charge < -0.3 is 5.32 Å². The van der Waals surface area contributed by atoms with Crippen molar-refractivity contribution >= 4 is 33.2 Å². The van der Waals surface area contributed by atoms with Gasteiger partial charge in [-0.25, -0.2) is 0 Å². The lowest BCUT2D eigenvalue weighted by Crippen LogP contribution is -2.41. The van der Waals surface area contributed by atoms with Crippen LogP contribution in [0.1, 0.15) is 24.8 Å². The summed E-state index contributed by atoms with van der Waals surface area (Å²) in [4.78, 5) is 12.5. The quantitative estimate of drug-likeness (QED) is 0.893. The van der Waals surface area contributed by atoms with Gasteiger partial charge >= 0.3 is 0 Å². The normalized spacial score (nSPS) is 14.7. The van der Waals surface area contributed by atoms with Crippen molar-refractivity contribution < 1.29 is 4.79 Å². The summed E-state index contributed by atoms with van der Waals surface area (Å²) in [6.07, 6.45) is 0. The first-order valence-corrected chi connectivity index (χ1v) is 6.38. The van der Waals surface area contributed by atoms with Crippen LogP contribution >= 0.6 is 27.3 Å². The molecule has 84 valence electrons. The van der Waals surface area contributed by atoms with Crippen LogP contribution in [0.15, 0.2) is 15.9 Å². The van der Waals surface area contributed by atoms with Crippen LogP contribution in [-0.4, -0.2) is 19.0 Å². The van der Waals surface area contributed by atoms with Crippen LogP contribution in [0.25, 0.3) is 0 Å². The van der Waals surface area contributed by atoms with Gasteiger partial charge in [0.25, 0.3) is 0 Å². The standard InChI is InChI=1S/C10H15BrN2OS/c1-6(8-4-5-9(11)15-8)13-7(2)10(14)12-3/h4-7,13H,1-3H3,(H,12,14)/t6?,7-/m1/s1. The number of hydrogen-bond donors (Lipinski definition) is 2. The molecule has 0 aliphatic carbocycles. The summed E-state index contributed by atoms with van der Waals surface area (Å²) < 4.78 is 1.11. The Morgan fingerprint density at radius 1 is 1.47 bits per heavy atom. The lowest BCUT2D eigenvalue weighted by molar-refractivity contribution is -0.122. The fourth-order valence-electron chi connectivity index (χ4n) is 1.31. The molecule has 0 aromatic carbocycles. The van der Waals surface area contributed by atoms with Gasteiger partial charge in [-0.15, -0.1) is 11.3 Å². The van der Waals surface area contributed by atoms with E-state index in [0.717, 1.165) is 3.79 Å². The molecule has 3 nitrogen and oxygen atoms in total. The highest BCUT2D eigenvalue weighted by Gasteiger charge is 2.15. The molecule has 1 unspecified atom stereocenters. The maximum atomic E-state index is 11.3. The van der Waals surface area contributed by atoms with E-state index < -0.39 is 0 Å². The molecule has 2 atom stereocenters. The third-order valence-electron chi connectivity index (χ3n) is 2.16. The lowest BCUT2D eigenvalue weighted by atomic mass is 10.2. The molecule has 5 heteroatoms. The highest BCUT2D eigenvalue weighted by Crippen LogP contribution is 2.27. The summed E-state index contributed by atoms with van der Waals surface area (Å²) in [6.45, 7) is 3.91. The molecule has 0 aliphatic heterocycles. The Morgan fingerprint density at radius 2 is 2.13 bits per heavy atom. The molecule has 0 bridgehead atoms. The average molecular weight is 291 g/mol. The third-order valence-corrected chi connectivity index (χ3v) is 3.97. The summed E-state index contributed by atoms with van der Waals surface area (Å²) in [6, 6.07) is 4.09. The van der Waals surface area contributed by atoms with Crippen LogP contribution in [0, 0.1) is 0 Å². The Balaban J connectivity index is 2.55. The lowest BCUT2D eigenvalue weighted by Gasteiger charge is -2.17. The molecular formula is C10H15BrN2OS. The molecule has 1 aromatic heterocycles. The first-order chi connectivity index (χ1) is 7.04. The molecule has 0 spiro atoms. The van der Waals surface area contributed by atoms with E-state index >= 15 is 0 Å². The van der Waals surface area contributed by atoms with Gasteiger partial charge in [0.05, 0.1) is 9.83 Å². The predicted octanol–water partition coefficient (Wildman–Crippen LogP) is 2.30. The maximum Gasteiger partial charge on any atom is 0.236 e. The Labute approximate surface area is 102 Å². The van der Waals surface area contributed by atoms with Gasteiger partial charge in [0, 0.05) is 18.0 Å². The number of carbonyl (C=O) groups excluding carboxylic acids is 1. The van der Waals surface area contributed by atoms with Gasteiger partial charge in [-0.1, -0.05) is 0 Å². The monoisotopic (exact) mass is 290 g/mol. The Hall–Kier alpha value is -0.390. The number of likely N-dealkylation sites (N-methyl/N-ethyl adjacent to an activating group) is 1. The molecule has 0 aliphatic rings. The van der Waals surface area contributed by atoms with E-state index in [-0.39, 0.29) is 18.0 Å². The number of amides is 1. The molecule has 0 radical (unpaired) electrons. The highest BCUT2D eigenvalue weighted by atomic mass is 79.9. The number of halogens is 1. The number of carbonyl (C=O) groups is 1. The van der Waals surface area contributed by atoms with Crippen molar-refractivity contribution in [3.05, 3.63) is 20.8 Å². The van der Waals surface area contributed by atoms with Crippen LogP contribution in [0.3, 0.4) is 0 Å². The summed E-state index contributed by atoms with van der Waals surface area (Å²) in [5, 5.41) is 5.86. The van der Waals surface area contributed by atoms with Crippen molar-refractivity contribution in [2.75, 3.05) is 7.05 Å². The average Bonchev–Trinajstić information content (AvgIpc) is 2.63. The first-order valence-electron chi connectivity index (χ1n) is 4.77. The van der Waals surface area contributed by atoms with E-state index in [1.54, 1.807) is 18.4 Å². The van der Waals surface area contributed by atoms with E-state index in [1.807, 2.05) is 13.0 Å². The van der Waals surface area contributed by atoms with Gasteiger partial charge in [-0.05, 0) is 41.9 Å². The van der Waals surface area contributed by atoms with Gasteiger partial charge in [0.2, 0.25) is 5.91 Å². The second-order valence-corrected chi connectivity index (χ2v) is 5.86. The fourth-order valence-corrected chi connectivity index (χ4v) is 2.75. The topological polar surface area (TPSA) is 41.1 Å². The Kier molecular flexibility index (Phi) is 4.76. The molecule has 1 heterocycles. The number of nitrogens with one attached hydrogen (secondary N) is 2. The highest BCUT2D eigenvalue weighted by molar-refractivity contribution is 9.11. The number of thiophene rings is 1. The Morgan fingerprint density at radius 3 is 2.60 bits per heavy atom. The van der Waals surface area contributed by atoms with Gasteiger partial charge in [0.15, 0.2) is 0 Å². The second kappa shape index (κ2) is 5.63. The van der Waals surface area contributed by atoms with Crippen LogP contribution in [0.5, 0.6) is 0 Å². The maximum absolute atomic E-state index is 11.3. The first kappa shape index (κ1) is 12.7. The van der Waals surface area contributed by atoms with Crippen molar-refractivity contribution in [2.24, 2.45) is 0 Å². The van der Waals surface area contributed by atoms with E-state index in [1.165, 1.54) is 4.88 Å². The van der Waals surface area contributed by atoms with Crippen LogP contribution in [-0.2, 0) is 4.79 Å². The summed E-state index contributed by atoms with van der Waals surface area (Å²) in [7, 11) is 1.65. The number of rotatable bonds is 4. The Bertz CT molecular complexity index is 340. The molecule has 15 heavy (non-hydrogen) atoms. The molecule has 1 rings (SSSR count). The van der Waals surface area contributed by atoms with Crippen LogP contribution in [0.4, 0.5) is 0 Å². The predicted molar refractivity (Wildman–Crippen MR) is 67.1 cm³/mol. The van der Waals surface area contributed by atoms with Crippen molar-refractivity contribution in [3.8, 4) is 0 Å². The van der Waals surface area contributed by atoms with Gasteiger partial charge in [-0.3, -0.25) is 10.1 Å². The molecular weight excluding hydrogens is 276 g/mol. The van der Waals surface area contributed by atoms with Crippen molar-refractivity contribution in [3.63, 3.8) is 0 Å². The summed E-state index contributed by atoms with van der Waals surface area (Å²) >= 11 is 5.10. The SMILES string of the molecule is CNC(=O)[C@@H](C)NC(C)c1ccc(Br)s1. The summed E-state index contributed by atoms with van der Waals surface area (Å²) in [5.41, 5.74) is 0. The smallest absolute Gasteiger partial charge is 0.236 e. The molecule has 1 aromatic rings. The molecule has 0 saturated carbocycles. The molecule has 0 saturated heterocycles.